The monoisotopic (exact) mass is 204 g/mol. The maximum absolute atomic E-state index is 11.7. The smallest absolute Gasteiger partial charge is 0.262 e. The van der Waals surface area contributed by atoms with Crippen molar-refractivity contribution in [3.05, 3.63) is 11.1 Å². The molecule has 80 valence electrons. The Morgan fingerprint density at radius 1 is 1.27 bits per heavy atom. The van der Waals surface area contributed by atoms with Gasteiger partial charge in [0.1, 0.15) is 11.6 Å². The van der Waals surface area contributed by atoms with Crippen molar-refractivity contribution in [3.8, 4) is 6.07 Å². The summed E-state index contributed by atoms with van der Waals surface area (Å²) < 4.78 is 0. The summed E-state index contributed by atoms with van der Waals surface area (Å²) in [6.07, 6.45) is 7.47. The van der Waals surface area contributed by atoms with Crippen molar-refractivity contribution in [2.75, 3.05) is 0 Å². The molecule has 15 heavy (non-hydrogen) atoms. The molecule has 0 radical (unpaired) electrons. The summed E-state index contributed by atoms with van der Waals surface area (Å²) in [6, 6.07) is 2.41. The maximum Gasteiger partial charge on any atom is 0.262 e. The number of amides is 1. The highest BCUT2D eigenvalue weighted by molar-refractivity contribution is 5.98. The molecule has 0 aromatic heterocycles. The lowest BCUT2D eigenvalue weighted by molar-refractivity contribution is -0.117. The summed E-state index contributed by atoms with van der Waals surface area (Å²) >= 11 is 0. The summed E-state index contributed by atoms with van der Waals surface area (Å²) in [5.41, 5.74) is 1.46. The average Bonchev–Trinajstić information content (AvgIpc) is 3.04. The molecule has 2 fully saturated rings. The molecule has 0 atom stereocenters. The molecular weight excluding hydrogens is 188 g/mol. The lowest BCUT2D eigenvalue weighted by Gasteiger charge is -2.15. The lowest BCUT2D eigenvalue weighted by Crippen LogP contribution is -2.27. The predicted molar refractivity (Wildman–Crippen MR) is 56.9 cm³/mol. The van der Waals surface area contributed by atoms with Crippen LogP contribution in [-0.2, 0) is 4.79 Å². The van der Waals surface area contributed by atoms with Crippen LogP contribution >= 0.6 is 0 Å². The Balaban J connectivity index is 2.06. The van der Waals surface area contributed by atoms with Gasteiger partial charge in [0, 0.05) is 6.04 Å². The van der Waals surface area contributed by atoms with E-state index in [1.807, 2.05) is 0 Å². The van der Waals surface area contributed by atoms with Gasteiger partial charge in [0.15, 0.2) is 0 Å². The van der Waals surface area contributed by atoms with E-state index in [0.717, 1.165) is 44.1 Å². The third kappa shape index (κ3) is 2.59. The number of carbonyl (C=O) groups is 1. The highest BCUT2D eigenvalue weighted by atomic mass is 16.1. The first kappa shape index (κ1) is 10.2. The maximum atomic E-state index is 11.7. The normalized spacial score (nSPS) is 20.6. The molecule has 3 heteroatoms. The van der Waals surface area contributed by atoms with E-state index in [0.29, 0.717) is 11.6 Å². The zero-order valence-electron chi connectivity index (χ0n) is 8.88. The van der Waals surface area contributed by atoms with Gasteiger partial charge in [-0.3, -0.25) is 4.79 Å². The molecule has 0 unspecified atom stereocenters. The van der Waals surface area contributed by atoms with Gasteiger partial charge in [-0.1, -0.05) is 6.42 Å². The zero-order chi connectivity index (χ0) is 10.7. The molecule has 2 aliphatic rings. The van der Waals surface area contributed by atoms with E-state index in [1.165, 1.54) is 6.42 Å². The Bertz CT molecular complexity index is 326. The van der Waals surface area contributed by atoms with Crippen molar-refractivity contribution >= 4 is 5.91 Å². The lowest BCUT2D eigenvalue weighted by atomic mass is 9.91. The number of rotatable bonds is 2. The Kier molecular flexibility index (Phi) is 3.05. The molecule has 2 rings (SSSR count). The van der Waals surface area contributed by atoms with Crippen LogP contribution in [0.25, 0.3) is 0 Å². The van der Waals surface area contributed by atoms with Gasteiger partial charge >= 0.3 is 0 Å². The van der Waals surface area contributed by atoms with Gasteiger partial charge in [-0.05, 0) is 44.1 Å². The first-order valence-electron chi connectivity index (χ1n) is 5.74. The highest BCUT2D eigenvalue weighted by Crippen LogP contribution is 2.26. The summed E-state index contributed by atoms with van der Waals surface area (Å²) in [7, 11) is 0. The van der Waals surface area contributed by atoms with Crippen LogP contribution in [0.2, 0.25) is 0 Å². The van der Waals surface area contributed by atoms with Crippen LogP contribution in [0.1, 0.15) is 44.9 Å². The van der Waals surface area contributed by atoms with Crippen molar-refractivity contribution < 1.29 is 4.79 Å². The molecule has 1 amide bonds. The fourth-order valence-electron chi connectivity index (χ4n) is 2.00. The topological polar surface area (TPSA) is 52.9 Å². The van der Waals surface area contributed by atoms with E-state index < -0.39 is 0 Å². The predicted octanol–water partition coefficient (Wildman–Crippen LogP) is 2.05. The first-order chi connectivity index (χ1) is 7.31. The van der Waals surface area contributed by atoms with Crippen LogP contribution < -0.4 is 5.32 Å². The number of nitrogens with one attached hydrogen (secondary N) is 1. The molecule has 1 N–H and O–H groups in total. The molecule has 0 bridgehead atoms. The second kappa shape index (κ2) is 4.48. The first-order valence-corrected chi connectivity index (χ1v) is 5.74. The van der Waals surface area contributed by atoms with Crippen LogP contribution in [0.15, 0.2) is 11.1 Å². The van der Waals surface area contributed by atoms with Crippen LogP contribution in [0.3, 0.4) is 0 Å². The molecular formula is C12H16N2O. The Hall–Kier alpha value is -1.30. The van der Waals surface area contributed by atoms with E-state index in [1.54, 1.807) is 0 Å². The molecule has 3 nitrogen and oxygen atoms in total. The molecule has 0 heterocycles. The number of nitriles is 1. The Labute approximate surface area is 90.2 Å². The zero-order valence-corrected chi connectivity index (χ0v) is 8.88. The van der Waals surface area contributed by atoms with Crippen molar-refractivity contribution in [1.29, 1.82) is 5.26 Å². The van der Waals surface area contributed by atoms with Crippen molar-refractivity contribution in [2.45, 2.75) is 51.0 Å². The largest absolute Gasteiger partial charge is 0.349 e. The summed E-state index contributed by atoms with van der Waals surface area (Å²) in [6.45, 7) is 0. The standard InChI is InChI=1S/C12H16N2O/c13-8-11(9-4-2-1-3-5-9)12(15)14-10-6-7-10/h10H,1-7H2,(H,14,15). The fraction of sp³-hybridized carbons (Fsp3) is 0.667. The summed E-state index contributed by atoms with van der Waals surface area (Å²) in [5, 5.41) is 11.9. The third-order valence-corrected chi connectivity index (χ3v) is 3.06. The van der Waals surface area contributed by atoms with E-state index >= 15 is 0 Å². The number of carbonyl (C=O) groups excluding carboxylic acids is 1. The van der Waals surface area contributed by atoms with Gasteiger partial charge in [-0.2, -0.15) is 5.26 Å². The minimum Gasteiger partial charge on any atom is -0.349 e. The van der Waals surface area contributed by atoms with Gasteiger partial charge < -0.3 is 5.32 Å². The Morgan fingerprint density at radius 2 is 1.93 bits per heavy atom. The summed E-state index contributed by atoms with van der Waals surface area (Å²) in [4.78, 5) is 11.7. The minimum absolute atomic E-state index is 0.142. The third-order valence-electron chi connectivity index (χ3n) is 3.06. The number of nitrogens with zero attached hydrogens (tertiary/aromatic N) is 1. The van der Waals surface area contributed by atoms with E-state index in [2.05, 4.69) is 11.4 Å². The van der Waals surface area contributed by atoms with Gasteiger partial charge in [0.25, 0.3) is 5.91 Å². The second-order valence-electron chi connectivity index (χ2n) is 4.40. The fourth-order valence-corrected chi connectivity index (χ4v) is 2.00. The van der Waals surface area contributed by atoms with Crippen molar-refractivity contribution in [2.24, 2.45) is 0 Å². The summed E-state index contributed by atoms with van der Waals surface area (Å²) in [5.74, 6) is -0.142. The van der Waals surface area contributed by atoms with E-state index in [4.69, 9.17) is 5.26 Å². The van der Waals surface area contributed by atoms with Crippen molar-refractivity contribution in [3.63, 3.8) is 0 Å². The van der Waals surface area contributed by atoms with Gasteiger partial charge in [-0.15, -0.1) is 0 Å². The highest BCUT2D eigenvalue weighted by Gasteiger charge is 2.26. The molecule has 2 aliphatic carbocycles. The number of hydrogen-bond acceptors (Lipinski definition) is 2. The SMILES string of the molecule is N#CC(C(=O)NC1CC1)=C1CCCCC1. The number of hydrogen-bond donors (Lipinski definition) is 1. The van der Waals surface area contributed by atoms with Gasteiger partial charge in [0.2, 0.25) is 0 Å². The van der Waals surface area contributed by atoms with Gasteiger partial charge in [0.05, 0.1) is 0 Å². The molecule has 0 aliphatic heterocycles. The molecule has 0 aromatic carbocycles. The van der Waals surface area contributed by atoms with Crippen LogP contribution in [0.4, 0.5) is 0 Å². The van der Waals surface area contributed by atoms with E-state index in [9.17, 15) is 4.79 Å². The van der Waals surface area contributed by atoms with Crippen LogP contribution in [0.5, 0.6) is 0 Å². The molecule has 0 saturated heterocycles. The van der Waals surface area contributed by atoms with Gasteiger partial charge in [-0.25, -0.2) is 0 Å². The molecule has 2 saturated carbocycles. The van der Waals surface area contributed by atoms with E-state index in [-0.39, 0.29) is 5.91 Å². The van der Waals surface area contributed by atoms with Crippen molar-refractivity contribution in [1.82, 2.24) is 5.32 Å². The number of allylic oxidation sites excluding steroid dienone is 1. The van der Waals surface area contributed by atoms with Crippen LogP contribution in [-0.4, -0.2) is 11.9 Å². The minimum atomic E-state index is -0.142. The second-order valence-corrected chi connectivity index (χ2v) is 4.40. The Morgan fingerprint density at radius 3 is 2.47 bits per heavy atom. The molecule has 0 spiro atoms. The average molecular weight is 204 g/mol. The quantitative estimate of drug-likeness (QED) is 0.553. The molecule has 0 aromatic rings. The van der Waals surface area contributed by atoms with Crippen LogP contribution in [0, 0.1) is 11.3 Å².